The summed E-state index contributed by atoms with van der Waals surface area (Å²) in [7, 11) is 2.19. The zero-order chi connectivity index (χ0) is 11.5. The fourth-order valence-electron chi connectivity index (χ4n) is 2.63. The summed E-state index contributed by atoms with van der Waals surface area (Å²) >= 11 is 0. The van der Waals surface area contributed by atoms with Crippen LogP contribution in [0.5, 0.6) is 0 Å². The predicted octanol–water partition coefficient (Wildman–Crippen LogP) is 2.48. The Kier molecular flexibility index (Phi) is 3.62. The molecule has 1 aromatic carbocycles. The van der Waals surface area contributed by atoms with Crippen LogP contribution in [0.3, 0.4) is 0 Å². The van der Waals surface area contributed by atoms with Crippen LogP contribution in [0.4, 0.5) is 0 Å². The molecule has 1 fully saturated rings. The van der Waals surface area contributed by atoms with Crippen LogP contribution in [0.25, 0.3) is 0 Å². The summed E-state index contributed by atoms with van der Waals surface area (Å²) in [5.41, 5.74) is 8.97. The predicted molar refractivity (Wildman–Crippen MR) is 68.4 cm³/mol. The van der Waals surface area contributed by atoms with Crippen molar-refractivity contribution >= 4 is 0 Å². The number of benzene rings is 1. The first-order chi connectivity index (χ1) is 7.68. The zero-order valence-electron chi connectivity index (χ0n) is 10.3. The molecule has 2 atom stereocenters. The van der Waals surface area contributed by atoms with Gasteiger partial charge in [-0.25, -0.2) is 0 Å². The molecule has 88 valence electrons. The molecule has 2 heteroatoms. The molecule has 0 saturated carbocycles. The lowest BCUT2D eigenvalue weighted by Gasteiger charge is -2.30. The first kappa shape index (κ1) is 11.6. The van der Waals surface area contributed by atoms with E-state index in [2.05, 4.69) is 43.1 Å². The van der Waals surface area contributed by atoms with E-state index in [-0.39, 0.29) is 6.04 Å². The van der Waals surface area contributed by atoms with Gasteiger partial charge in [0.15, 0.2) is 0 Å². The number of likely N-dealkylation sites (tertiary alicyclic amines) is 1. The lowest BCUT2D eigenvalue weighted by Crippen LogP contribution is -2.37. The van der Waals surface area contributed by atoms with Crippen molar-refractivity contribution in [3.05, 3.63) is 35.4 Å². The molecule has 1 aromatic rings. The minimum atomic E-state index is 0.273. The van der Waals surface area contributed by atoms with E-state index in [1.807, 2.05) is 0 Å². The summed E-state index contributed by atoms with van der Waals surface area (Å²) in [4.78, 5) is 2.41. The summed E-state index contributed by atoms with van der Waals surface area (Å²) in [5.74, 6) is 0. The molecule has 2 rings (SSSR count). The second-order valence-corrected chi connectivity index (χ2v) is 5.00. The summed E-state index contributed by atoms with van der Waals surface area (Å²) in [6.45, 7) is 3.28. The van der Waals surface area contributed by atoms with Crippen molar-refractivity contribution in [3.8, 4) is 0 Å². The van der Waals surface area contributed by atoms with Crippen molar-refractivity contribution in [2.45, 2.75) is 38.3 Å². The van der Waals surface area contributed by atoms with E-state index in [9.17, 15) is 0 Å². The Hall–Kier alpha value is -0.860. The van der Waals surface area contributed by atoms with Crippen LogP contribution in [-0.4, -0.2) is 24.5 Å². The maximum Gasteiger partial charge on any atom is 0.0496 e. The highest BCUT2D eigenvalue weighted by molar-refractivity contribution is 5.25. The third-order valence-electron chi connectivity index (χ3n) is 3.60. The highest BCUT2D eigenvalue weighted by Gasteiger charge is 2.25. The van der Waals surface area contributed by atoms with E-state index < -0.39 is 0 Å². The minimum absolute atomic E-state index is 0.273. The molecular weight excluding hydrogens is 196 g/mol. The molecule has 0 amide bonds. The van der Waals surface area contributed by atoms with E-state index >= 15 is 0 Å². The average Bonchev–Trinajstić information content (AvgIpc) is 2.42. The molecule has 1 aliphatic rings. The third kappa shape index (κ3) is 2.45. The molecule has 2 nitrogen and oxygen atoms in total. The van der Waals surface area contributed by atoms with E-state index in [4.69, 9.17) is 5.73 Å². The molecule has 0 aliphatic carbocycles. The summed E-state index contributed by atoms with van der Waals surface area (Å²) in [6.07, 6.45) is 3.67. The molecular formula is C14H22N2. The number of hydrogen-bond donors (Lipinski definition) is 1. The van der Waals surface area contributed by atoms with Crippen molar-refractivity contribution in [1.29, 1.82) is 0 Å². The normalized spacial score (nSPS) is 27.7. The Morgan fingerprint density at radius 3 is 2.56 bits per heavy atom. The molecule has 1 aliphatic heterocycles. The SMILES string of the molecule is Cc1ccc(C2C(N)CCCCN2C)cc1. The van der Waals surface area contributed by atoms with Gasteiger partial charge >= 0.3 is 0 Å². The van der Waals surface area contributed by atoms with Crippen molar-refractivity contribution in [1.82, 2.24) is 4.90 Å². The Morgan fingerprint density at radius 1 is 1.19 bits per heavy atom. The largest absolute Gasteiger partial charge is 0.326 e. The number of likely N-dealkylation sites (N-methyl/N-ethyl adjacent to an activating group) is 1. The Bertz CT molecular complexity index is 319. The van der Waals surface area contributed by atoms with Crippen LogP contribution in [-0.2, 0) is 0 Å². The lowest BCUT2D eigenvalue weighted by molar-refractivity contribution is 0.230. The number of aryl methyl sites for hydroxylation is 1. The standard InChI is InChI=1S/C14H22N2/c1-11-6-8-12(9-7-11)14-13(15)5-3-4-10-16(14)2/h6-9,13-14H,3-5,10,15H2,1-2H3. The number of nitrogens with zero attached hydrogens (tertiary/aromatic N) is 1. The fraction of sp³-hybridized carbons (Fsp3) is 0.571. The van der Waals surface area contributed by atoms with E-state index in [1.54, 1.807) is 0 Å². The molecule has 0 spiro atoms. The first-order valence-electron chi connectivity index (χ1n) is 6.21. The van der Waals surface area contributed by atoms with Gasteiger partial charge < -0.3 is 5.73 Å². The van der Waals surface area contributed by atoms with Gasteiger partial charge in [0, 0.05) is 12.1 Å². The second-order valence-electron chi connectivity index (χ2n) is 5.00. The van der Waals surface area contributed by atoms with E-state index in [0.717, 1.165) is 13.0 Å². The van der Waals surface area contributed by atoms with Gasteiger partial charge in [0.25, 0.3) is 0 Å². The van der Waals surface area contributed by atoms with E-state index in [1.165, 1.54) is 24.0 Å². The highest BCUT2D eigenvalue weighted by Crippen LogP contribution is 2.28. The van der Waals surface area contributed by atoms with Crippen LogP contribution in [0.1, 0.15) is 36.4 Å². The molecule has 0 radical (unpaired) electrons. The maximum absolute atomic E-state index is 6.30. The molecule has 0 aromatic heterocycles. The van der Waals surface area contributed by atoms with Crippen molar-refractivity contribution in [2.24, 2.45) is 5.73 Å². The monoisotopic (exact) mass is 218 g/mol. The van der Waals surface area contributed by atoms with Gasteiger partial charge in [0.1, 0.15) is 0 Å². The molecule has 16 heavy (non-hydrogen) atoms. The van der Waals surface area contributed by atoms with Gasteiger partial charge in [-0.05, 0) is 38.9 Å². The zero-order valence-corrected chi connectivity index (χ0v) is 10.3. The number of hydrogen-bond acceptors (Lipinski definition) is 2. The van der Waals surface area contributed by atoms with Gasteiger partial charge in [0.05, 0.1) is 0 Å². The summed E-state index contributed by atoms with van der Waals surface area (Å²) in [6, 6.07) is 9.48. The second kappa shape index (κ2) is 4.98. The highest BCUT2D eigenvalue weighted by atomic mass is 15.1. The minimum Gasteiger partial charge on any atom is -0.326 e. The van der Waals surface area contributed by atoms with Gasteiger partial charge in [0.2, 0.25) is 0 Å². The number of nitrogens with two attached hydrogens (primary N) is 1. The van der Waals surface area contributed by atoms with Crippen LogP contribution < -0.4 is 5.73 Å². The van der Waals surface area contributed by atoms with Crippen LogP contribution in [0.15, 0.2) is 24.3 Å². The van der Waals surface area contributed by atoms with Gasteiger partial charge in [-0.1, -0.05) is 36.2 Å². The molecule has 1 saturated heterocycles. The Morgan fingerprint density at radius 2 is 1.88 bits per heavy atom. The topological polar surface area (TPSA) is 29.3 Å². The average molecular weight is 218 g/mol. The molecule has 2 unspecified atom stereocenters. The summed E-state index contributed by atoms with van der Waals surface area (Å²) < 4.78 is 0. The molecule has 2 N–H and O–H groups in total. The van der Waals surface area contributed by atoms with E-state index in [0.29, 0.717) is 6.04 Å². The van der Waals surface area contributed by atoms with Crippen molar-refractivity contribution in [2.75, 3.05) is 13.6 Å². The third-order valence-corrected chi connectivity index (χ3v) is 3.60. The number of rotatable bonds is 1. The van der Waals surface area contributed by atoms with Crippen LogP contribution in [0, 0.1) is 6.92 Å². The Labute approximate surface area is 98.4 Å². The van der Waals surface area contributed by atoms with Gasteiger partial charge in [-0.2, -0.15) is 0 Å². The lowest BCUT2D eigenvalue weighted by atomic mass is 9.96. The smallest absolute Gasteiger partial charge is 0.0496 e. The Balaban J connectivity index is 2.24. The van der Waals surface area contributed by atoms with Crippen molar-refractivity contribution in [3.63, 3.8) is 0 Å². The molecule has 0 bridgehead atoms. The van der Waals surface area contributed by atoms with Gasteiger partial charge in [-0.15, -0.1) is 0 Å². The first-order valence-corrected chi connectivity index (χ1v) is 6.21. The van der Waals surface area contributed by atoms with Gasteiger partial charge in [-0.3, -0.25) is 4.90 Å². The van der Waals surface area contributed by atoms with Crippen LogP contribution in [0.2, 0.25) is 0 Å². The quantitative estimate of drug-likeness (QED) is 0.784. The molecule has 1 heterocycles. The van der Waals surface area contributed by atoms with Crippen molar-refractivity contribution < 1.29 is 0 Å². The maximum atomic E-state index is 6.30. The fourth-order valence-corrected chi connectivity index (χ4v) is 2.63. The summed E-state index contributed by atoms with van der Waals surface area (Å²) in [5, 5.41) is 0. The van der Waals surface area contributed by atoms with Crippen LogP contribution >= 0.6 is 0 Å².